The molecule has 2 aromatic rings. The molecule has 1 aromatic carbocycles. The minimum Gasteiger partial charge on any atom is -0.491 e. The zero-order chi connectivity index (χ0) is 21.1. The molecule has 0 saturated heterocycles. The van der Waals surface area contributed by atoms with E-state index in [9.17, 15) is 9.59 Å². The molecule has 6 nitrogen and oxygen atoms in total. The van der Waals surface area contributed by atoms with Gasteiger partial charge in [0.15, 0.2) is 0 Å². The molecule has 0 bridgehead atoms. The number of benzene rings is 1. The van der Waals surface area contributed by atoms with E-state index >= 15 is 0 Å². The van der Waals surface area contributed by atoms with Crippen molar-refractivity contribution in [3.63, 3.8) is 0 Å². The molecule has 0 spiro atoms. The highest BCUT2D eigenvalue weighted by Gasteiger charge is 2.37. The van der Waals surface area contributed by atoms with Crippen LogP contribution in [0.2, 0.25) is 0 Å². The highest BCUT2D eigenvalue weighted by molar-refractivity contribution is 7.10. The van der Waals surface area contributed by atoms with Gasteiger partial charge in [-0.15, -0.1) is 11.3 Å². The number of methoxy groups -OCH3 is 1. The second kappa shape index (κ2) is 9.18. The zero-order valence-electron chi connectivity index (χ0n) is 17.5. The van der Waals surface area contributed by atoms with Gasteiger partial charge in [-0.25, -0.2) is 0 Å². The molecule has 1 aliphatic carbocycles. The Morgan fingerprint density at radius 3 is 2.77 bits per heavy atom. The summed E-state index contributed by atoms with van der Waals surface area (Å²) in [6, 6.07) is 10.0. The molecular formula is C23H28N2O4S. The minimum absolute atomic E-state index is 0.0122. The summed E-state index contributed by atoms with van der Waals surface area (Å²) in [5, 5.41) is 2.08. The average Bonchev–Trinajstić information content (AvgIpc) is 3.47. The molecule has 1 atom stereocenters. The molecule has 0 radical (unpaired) electrons. The molecule has 30 heavy (non-hydrogen) atoms. The lowest BCUT2D eigenvalue weighted by Gasteiger charge is -2.37. The zero-order valence-corrected chi connectivity index (χ0v) is 18.3. The Hall–Kier alpha value is -2.38. The van der Waals surface area contributed by atoms with E-state index in [1.807, 2.05) is 36.1 Å². The quantitative estimate of drug-likeness (QED) is 0.648. The normalized spacial score (nSPS) is 18.1. The number of amides is 2. The van der Waals surface area contributed by atoms with E-state index in [4.69, 9.17) is 9.47 Å². The number of nitrogens with zero attached hydrogens (tertiary/aromatic N) is 2. The Balaban J connectivity index is 1.50. The maximum Gasteiger partial charge on any atom is 0.249 e. The molecule has 2 amide bonds. The lowest BCUT2D eigenvalue weighted by molar-refractivity contribution is -0.145. The van der Waals surface area contributed by atoms with Gasteiger partial charge in [0.25, 0.3) is 0 Å². The van der Waals surface area contributed by atoms with Gasteiger partial charge in [-0.2, -0.15) is 0 Å². The van der Waals surface area contributed by atoms with E-state index in [0.717, 1.165) is 36.1 Å². The van der Waals surface area contributed by atoms with E-state index in [-0.39, 0.29) is 37.0 Å². The number of aryl methyl sites for hydroxylation is 1. The first-order valence-corrected chi connectivity index (χ1v) is 11.3. The summed E-state index contributed by atoms with van der Waals surface area (Å²) in [7, 11) is 1.51. The van der Waals surface area contributed by atoms with E-state index in [0.29, 0.717) is 13.2 Å². The highest BCUT2D eigenvalue weighted by Crippen LogP contribution is 2.35. The van der Waals surface area contributed by atoms with Gasteiger partial charge in [-0.05, 0) is 54.8 Å². The fourth-order valence-corrected chi connectivity index (χ4v) is 4.94. The maximum absolute atomic E-state index is 13.3. The molecule has 1 fully saturated rings. The van der Waals surface area contributed by atoms with Crippen molar-refractivity contribution in [2.24, 2.45) is 0 Å². The van der Waals surface area contributed by atoms with Crippen LogP contribution in [0.15, 0.2) is 35.7 Å². The van der Waals surface area contributed by atoms with Crippen molar-refractivity contribution in [3.8, 4) is 5.75 Å². The van der Waals surface area contributed by atoms with Crippen LogP contribution in [-0.2, 0) is 20.7 Å². The van der Waals surface area contributed by atoms with Crippen LogP contribution in [0.4, 0.5) is 0 Å². The standard InChI is InChI=1S/C23H28N2O4S/c1-16-5-3-4-6-20(16)29-14-19-18-10-12-30-21(18)9-11-24(19)22(26)13-25(17-7-8-17)23(27)15-28-2/h3-6,10,12,17,19H,7-9,11,13-15H2,1-2H3/t19-/m1/s1. The lowest BCUT2D eigenvalue weighted by atomic mass is 10.0. The average molecular weight is 429 g/mol. The molecule has 2 aliphatic rings. The van der Waals surface area contributed by atoms with Crippen LogP contribution in [-0.4, -0.2) is 61.1 Å². The van der Waals surface area contributed by atoms with Crippen LogP contribution >= 0.6 is 11.3 Å². The Morgan fingerprint density at radius 2 is 2.03 bits per heavy atom. The van der Waals surface area contributed by atoms with Crippen molar-refractivity contribution in [2.45, 2.75) is 38.3 Å². The summed E-state index contributed by atoms with van der Waals surface area (Å²) in [5.74, 6) is 0.693. The van der Waals surface area contributed by atoms with Gasteiger partial charge in [0.2, 0.25) is 11.8 Å². The predicted octanol–water partition coefficient (Wildman–Crippen LogP) is 3.20. The molecule has 0 unspecified atom stereocenters. The fraction of sp³-hybridized carbons (Fsp3) is 0.478. The van der Waals surface area contributed by atoms with Gasteiger partial charge in [0, 0.05) is 24.6 Å². The van der Waals surface area contributed by atoms with Crippen LogP contribution in [0, 0.1) is 6.92 Å². The van der Waals surface area contributed by atoms with E-state index in [1.54, 1.807) is 16.2 Å². The van der Waals surface area contributed by atoms with Crippen molar-refractivity contribution >= 4 is 23.2 Å². The van der Waals surface area contributed by atoms with Crippen molar-refractivity contribution in [2.75, 3.05) is 33.4 Å². The van der Waals surface area contributed by atoms with E-state index in [1.165, 1.54) is 12.0 Å². The number of ether oxygens (including phenoxy) is 2. The molecule has 0 N–H and O–H groups in total. The van der Waals surface area contributed by atoms with Gasteiger partial charge in [0.1, 0.15) is 25.5 Å². The Bertz CT molecular complexity index is 908. The third-order valence-electron chi connectivity index (χ3n) is 5.79. The van der Waals surface area contributed by atoms with Gasteiger partial charge < -0.3 is 19.3 Å². The lowest BCUT2D eigenvalue weighted by Crippen LogP contribution is -2.49. The van der Waals surface area contributed by atoms with Crippen LogP contribution in [0.25, 0.3) is 0 Å². The molecule has 1 saturated carbocycles. The number of thiophene rings is 1. The van der Waals surface area contributed by atoms with Crippen LogP contribution in [0.5, 0.6) is 5.75 Å². The summed E-state index contributed by atoms with van der Waals surface area (Å²) in [6.45, 7) is 3.18. The van der Waals surface area contributed by atoms with Gasteiger partial charge in [-0.1, -0.05) is 18.2 Å². The SMILES string of the molecule is COCC(=O)N(CC(=O)N1CCc2sccc2[C@H]1COc1ccccc1C)C1CC1. The Kier molecular flexibility index (Phi) is 6.39. The molecule has 1 aromatic heterocycles. The van der Waals surface area contributed by atoms with Crippen molar-refractivity contribution in [3.05, 3.63) is 51.7 Å². The molecule has 7 heteroatoms. The first-order chi connectivity index (χ1) is 14.6. The minimum atomic E-state index is -0.148. The number of hydrogen-bond acceptors (Lipinski definition) is 5. The third-order valence-corrected chi connectivity index (χ3v) is 6.78. The summed E-state index contributed by atoms with van der Waals surface area (Å²) in [5.41, 5.74) is 2.23. The van der Waals surface area contributed by atoms with Crippen LogP contribution < -0.4 is 4.74 Å². The smallest absolute Gasteiger partial charge is 0.249 e. The molecule has 1 aliphatic heterocycles. The number of fused-ring (bicyclic) bond motifs is 1. The molecular weight excluding hydrogens is 400 g/mol. The van der Waals surface area contributed by atoms with Gasteiger partial charge in [0.05, 0.1) is 6.04 Å². The van der Waals surface area contributed by atoms with Crippen molar-refractivity contribution in [1.82, 2.24) is 9.80 Å². The number of rotatable bonds is 8. The summed E-state index contributed by atoms with van der Waals surface area (Å²) in [6.07, 6.45) is 2.75. The van der Waals surface area contributed by atoms with E-state index < -0.39 is 0 Å². The van der Waals surface area contributed by atoms with Gasteiger partial charge >= 0.3 is 0 Å². The third kappa shape index (κ3) is 4.52. The van der Waals surface area contributed by atoms with Gasteiger partial charge in [-0.3, -0.25) is 9.59 Å². The van der Waals surface area contributed by atoms with Crippen LogP contribution in [0.1, 0.15) is 34.9 Å². The number of hydrogen-bond donors (Lipinski definition) is 0. The summed E-state index contributed by atoms with van der Waals surface area (Å²) < 4.78 is 11.2. The monoisotopic (exact) mass is 428 g/mol. The number of para-hydroxylation sites is 1. The van der Waals surface area contributed by atoms with Crippen molar-refractivity contribution in [1.29, 1.82) is 0 Å². The fourth-order valence-electron chi connectivity index (χ4n) is 4.01. The number of carbonyl (C=O) groups is 2. The predicted molar refractivity (Wildman–Crippen MR) is 116 cm³/mol. The largest absolute Gasteiger partial charge is 0.491 e. The Labute approximate surface area is 181 Å². The topological polar surface area (TPSA) is 59.1 Å². The van der Waals surface area contributed by atoms with Crippen molar-refractivity contribution < 1.29 is 19.1 Å². The second-order valence-corrected chi connectivity index (χ2v) is 8.92. The molecule has 4 rings (SSSR count). The second-order valence-electron chi connectivity index (χ2n) is 7.91. The summed E-state index contributed by atoms with van der Waals surface area (Å²) >= 11 is 1.73. The summed E-state index contributed by atoms with van der Waals surface area (Å²) in [4.78, 5) is 30.6. The first kappa shape index (κ1) is 20.9. The van der Waals surface area contributed by atoms with Crippen LogP contribution in [0.3, 0.4) is 0 Å². The molecule has 160 valence electrons. The number of carbonyl (C=O) groups excluding carboxylic acids is 2. The molecule has 2 heterocycles. The highest BCUT2D eigenvalue weighted by atomic mass is 32.1. The maximum atomic E-state index is 13.3. The Morgan fingerprint density at radius 1 is 1.23 bits per heavy atom. The first-order valence-electron chi connectivity index (χ1n) is 10.4. The van der Waals surface area contributed by atoms with E-state index in [2.05, 4.69) is 11.4 Å².